The van der Waals surface area contributed by atoms with Crippen molar-refractivity contribution in [2.24, 2.45) is 5.41 Å². The summed E-state index contributed by atoms with van der Waals surface area (Å²) in [5.41, 5.74) is -1.18. The summed E-state index contributed by atoms with van der Waals surface area (Å²) in [4.78, 5) is 39.6. The Hall–Kier alpha value is -3.56. The van der Waals surface area contributed by atoms with Gasteiger partial charge in [0.1, 0.15) is 5.69 Å². The molecule has 1 aliphatic rings. The largest absolute Gasteiger partial charge is 0.416 e. The lowest BCUT2D eigenvalue weighted by Gasteiger charge is -2.25. The third-order valence-corrected chi connectivity index (χ3v) is 5.33. The molecule has 31 heavy (non-hydrogen) atoms. The summed E-state index contributed by atoms with van der Waals surface area (Å²) in [5, 5.41) is 2.84. The van der Waals surface area contributed by atoms with Gasteiger partial charge in [0, 0.05) is 18.5 Å². The Kier molecular flexibility index (Phi) is 5.08. The van der Waals surface area contributed by atoms with E-state index in [4.69, 9.17) is 0 Å². The average Bonchev–Trinajstić information content (AvgIpc) is 3.49. The molecule has 2 aromatic heterocycles. The second-order valence-corrected chi connectivity index (χ2v) is 7.73. The molecule has 1 aliphatic carbocycles. The zero-order valence-corrected chi connectivity index (χ0v) is 16.4. The van der Waals surface area contributed by atoms with E-state index in [-0.39, 0.29) is 22.8 Å². The van der Waals surface area contributed by atoms with Gasteiger partial charge in [0.25, 0.3) is 11.5 Å². The first kappa shape index (κ1) is 20.7. The van der Waals surface area contributed by atoms with Crippen LogP contribution in [0, 0.1) is 5.41 Å². The highest BCUT2D eigenvalue weighted by atomic mass is 19.4. The lowest BCUT2D eigenvalue weighted by Crippen LogP contribution is -2.34. The normalized spacial score (nSPS) is 15.9. The van der Waals surface area contributed by atoms with Crippen LogP contribution in [0.5, 0.6) is 0 Å². The smallest absolute Gasteiger partial charge is 0.343 e. The Bertz CT molecular complexity index is 1160. The third kappa shape index (κ3) is 4.47. The van der Waals surface area contributed by atoms with Crippen molar-refractivity contribution in [3.05, 3.63) is 76.0 Å². The van der Waals surface area contributed by atoms with Crippen molar-refractivity contribution >= 4 is 5.91 Å². The SMILES string of the molecule is CC1([C@@H](NC(=O)c2cc(=O)[nH]c(-c3ncccn3)n2)c2ccc(C(F)(F)F)cc2)CC1. The maximum absolute atomic E-state index is 12.9. The third-order valence-electron chi connectivity index (χ3n) is 5.33. The van der Waals surface area contributed by atoms with Gasteiger partial charge in [-0.05, 0) is 42.0 Å². The molecule has 4 rings (SSSR count). The van der Waals surface area contributed by atoms with Crippen molar-refractivity contribution in [2.45, 2.75) is 32.0 Å². The second-order valence-electron chi connectivity index (χ2n) is 7.73. The van der Waals surface area contributed by atoms with Gasteiger partial charge in [0.15, 0.2) is 11.6 Å². The number of H-pyrrole nitrogens is 1. The van der Waals surface area contributed by atoms with Crippen molar-refractivity contribution in [3.63, 3.8) is 0 Å². The van der Waals surface area contributed by atoms with E-state index in [0.717, 1.165) is 31.0 Å². The minimum Gasteiger partial charge on any atom is -0.343 e. The minimum absolute atomic E-state index is 0.0435. The lowest BCUT2D eigenvalue weighted by molar-refractivity contribution is -0.137. The van der Waals surface area contributed by atoms with Crippen LogP contribution < -0.4 is 10.9 Å². The van der Waals surface area contributed by atoms with Crippen molar-refractivity contribution in [2.75, 3.05) is 0 Å². The Morgan fingerprint density at radius 3 is 2.39 bits per heavy atom. The molecule has 1 atom stereocenters. The maximum atomic E-state index is 12.9. The Morgan fingerprint density at radius 1 is 1.16 bits per heavy atom. The molecular formula is C21H18F3N5O2. The average molecular weight is 429 g/mol. The summed E-state index contributed by atoms with van der Waals surface area (Å²) in [6.45, 7) is 1.95. The Balaban J connectivity index is 1.62. The van der Waals surface area contributed by atoms with E-state index >= 15 is 0 Å². The minimum atomic E-state index is -4.44. The van der Waals surface area contributed by atoms with E-state index in [2.05, 4.69) is 25.3 Å². The molecule has 0 unspecified atom stereocenters. The highest BCUT2D eigenvalue weighted by molar-refractivity contribution is 5.92. The van der Waals surface area contributed by atoms with Gasteiger partial charge >= 0.3 is 6.18 Å². The number of halogens is 3. The van der Waals surface area contributed by atoms with Gasteiger partial charge in [0.05, 0.1) is 11.6 Å². The molecule has 0 spiro atoms. The van der Waals surface area contributed by atoms with Crippen LogP contribution in [0.15, 0.2) is 53.6 Å². The first-order valence-electron chi connectivity index (χ1n) is 9.52. The predicted molar refractivity (Wildman–Crippen MR) is 105 cm³/mol. The fraction of sp³-hybridized carbons (Fsp3) is 0.286. The van der Waals surface area contributed by atoms with E-state index in [9.17, 15) is 22.8 Å². The molecule has 10 heteroatoms. The number of benzene rings is 1. The molecule has 1 fully saturated rings. The molecule has 1 saturated carbocycles. The summed E-state index contributed by atoms with van der Waals surface area (Å²) in [6, 6.07) is 6.86. The van der Waals surface area contributed by atoms with Gasteiger partial charge in [-0.15, -0.1) is 0 Å². The molecule has 2 heterocycles. The number of hydrogen-bond acceptors (Lipinski definition) is 5. The second kappa shape index (κ2) is 7.60. The molecule has 0 saturated heterocycles. The van der Waals surface area contributed by atoms with Crippen LogP contribution in [-0.2, 0) is 6.18 Å². The molecule has 1 amide bonds. The number of rotatable bonds is 5. The molecule has 3 aromatic rings. The Labute approximate surface area is 174 Å². The fourth-order valence-electron chi connectivity index (χ4n) is 3.32. The summed E-state index contributed by atoms with van der Waals surface area (Å²) >= 11 is 0. The lowest BCUT2D eigenvalue weighted by atomic mass is 9.91. The number of aromatic amines is 1. The molecule has 160 valence electrons. The number of nitrogens with zero attached hydrogens (tertiary/aromatic N) is 3. The first-order valence-corrected chi connectivity index (χ1v) is 9.52. The summed E-state index contributed by atoms with van der Waals surface area (Å²) in [6.07, 6.45) is 0.134. The number of carbonyl (C=O) groups is 1. The molecule has 0 bridgehead atoms. The van der Waals surface area contributed by atoms with Gasteiger partial charge in [-0.2, -0.15) is 13.2 Å². The van der Waals surface area contributed by atoms with Gasteiger partial charge < -0.3 is 10.3 Å². The van der Waals surface area contributed by atoms with Crippen LogP contribution in [0.3, 0.4) is 0 Å². The van der Waals surface area contributed by atoms with Crippen molar-refractivity contribution in [1.82, 2.24) is 25.3 Å². The van der Waals surface area contributed by atoms with Crippen LogP contribution in [0.1, 0.15) is 47.4 Å². The van der Waals surface area contributed by atoms with E-state index in [1.165, 1.54) is 24.5 Å². The number of nitrogens with one attached hydrogen (secondary N) is 2. The summed E-state index contributed by atoms with van der Waals surface area (Å²) in [5.74, 6) is -0.411. The molecule has 0 aliphatic heterocycles. The number of hydrogen-bond donors (Lipinski definition) is 2. The van der Waals surface area contributed by atoms with Crippen molar-refractivity contribution in [1.29, 1.82) is 0 Å². The number of aromatic nitrogens is 4. The van der Waals surface area contributed by atoms with Crippen LogP contribution >= 0.6 is 0 Å². The van der Waals surface area contributed by atoms with Crippen LogP contribution in [0.2, 0.25) is 0 Å². The number of amides is 1. The fourth-order valence-corrected chi connectivity index (χ4v) is 3.32. The van der Waals surface area contributed by atoms with E-state index in [1.807, 2.05) is 6.92 Å². The molecular weight excluding hydrogens is 411 g/mol. The van der Waals surface area contributed by atoms with Crippen molar-refractivity contribution in [3.8, 4) is 11.6 Å². The zero-order valence-electron chi connectivity index (χ0n) is 16.4. The quantitative estimate of drug-likeness (QED) is 0.646. The van der Waals surface area contributed by atoms with Gasteiger partial charge in [-0.25, -0.2) is 15.0 Å². The van der Waals surface area contributed by atoms with E-state index in [0.29, 0.717) is 5.56 Å². The molecule has 2 N–H and O–H groups in total. The van der Waals surface area contributed by atoms with E-state index < -0.39 is 29.2 Å². The molecule has 0 radical (unpaired) electrons. The maximum Gasteiger partial charge on any atom is 0.416 e. The topological polar surface area (TPSA) is 101 Å². The molecule has 1 aromatic carbocycles. The van der Waals surface area contributed by atoms with Gasteiger partial charge in [-0.1, -0.05) is 19.1 Å². The highest BCUT2D eigenvalue weighted by Crippen LogP contribution is 2.54. The summed E-state index contributed by atoms with van der Waals surface area (Å²) in [7, 11) is 0. The van der Waals surface area contributed by atoms with Gasteiger partial charge in [0.2, 0.25) is 0 Å². The Morgan fingerprint density at radius 2 is 1.81 bits per heavy atom. The monoisotopic (exact) mass is 429 g/mol. The van der Waals surface area contributed by atoms with Gasteiger partial charge in [-0.3, -0.25) is 9.59 Å². The van der Waals surface area contributed by atoms with Crippen molar-refractivity contribution < 1.29 is 18.0 Å². The van der Waals surface area contributed by atoms with Crippen LogP contribution in [-0.4, -0.2) is 25.8 Å². The van der Waals surface area contributed by atoms with Crippen LogP contribution in [0.4, 0.5) is 13.2 Å². The van der Waals surface area contributed by atoms with Crippen LogP contribution in [0.25, 0.3) is 11.6 Å². The highest BCUT2D eigenvalue weighted by Gasteiger charge is 2.46. The number of alkyl halides is 3. The molecule has 7 nitrogen and oxygen atoms in total. The number of carbonyl (C=O) groups excluding carboxylic acids is 1. The first-order chi connectivity index (χ1) is 14.7. The standard InChI is InChI=1S/C21H18F3N5O2/c1-20(7-8-20)16(12-3-5-13(6-4-12)21(22,23)24)29-19(31)14-11-15(30)28-18(27-14)17-25-9-2-10-26-17/h2-6,9-11,16H,7-8H2,1H3,(H,29,31)(H,27,28,30)/t16-/m0/s1. The van der Waals surface area contributed by atoms with E-state index in [1.54, 1.807) is 6.07 Å². The predicted octanol–water partition coefficient (Wildman–Crippen LogP) is 3.52. The zero-order chi connectivity index (χ0) is 22.2. The summed E-state index contributed by atoms with van der Waals surface area (Å²) < 4.78 is 38.7.